The molecule has 0 amide bonds. The highest BCUT2D eigenvalue weighted by molar-refractivity contribution is 9.09. The molecule has 0 saturated heterocycles. The van der Waals surface area contributed by atoms with Crippen LogP contribution in [-0.4, -0.2) is 22.8 Å². The molecule has 2 rings (SSSR count). The van der Waals surface area contributed by atoms with E-state index < -0.39 is 0 Å². The van der Waals surface area contributed by atoms with Gasteiger partial charge in [-0.2, -0.15) is 0 Å². The fraction of sp³-hybridized carbons (Fsp3) is 0.600. The van der Waals surface area contributed by atoms with Crippen LogP contribution in [0.15, 0.2) is 24.3 Å². The molecule has 0 heterocycles. The molecule has 0 aliphatic heterocycles. The van der Waals surface area contributed by atoms with Crippen LogP contribution in [0.5, 0.6) is 0 Å². The van der Waals surface area contributed by atoms with Gasteiger partial charge >= 0.3 is 0 Å². The van der Waals surface area contributed by atoms with Gasteiger partial charge in [0.15, 0.2) is 0 Å². The molecular formula is C15H22BrN. The van der Waals surface area contributed by atoms with Crippen molar-refractivity contribution in [2.75, 3.05) is 11.9 Å². The molecule has 1 aliphatic rings. The molecule has 1 aliphatic carbocycles. The number of nitrogens with zero attached hydrogens (tertiary/aromatic N) is 1. The Morgan fingerprint density at radius 1 is 1.18 bits per heavy atom. The molecule has 1 saturated carbocycles. The first-order valence-corrected chi connectivity index (χ1v) is 7.83. The van der Waals surface area contributed by atoms with Crippen molar-refractivity contribution >= 4 is 15.9 Å². The second-order valence-corrected chi connectivity index (χ2v) is 5.71. The van der Waals surface area contributed by atoms with Gasteiger partial charge in [-0.05, 0) is 30.4 Å². The molecule has 0 unspecified atom stereocenters. The lowest BCUT2D eigenvalue weighted by Crippen LogP contribution is -2.40. The van der Waals surface area contributed by atoms with E-state index in [4.69, 9.17) is 0 Å². The fourth-order valence-electron chi connectivity index (χ4n) is 2.37. The van der Waals surface area contributed by atoms with Crippen LogP contribution in [-0.2, 0) is 13.0 Å². The number of benzene rings is 1. The molecule has 1 aromatic rings. The maximum Gasteiger partial charge on any atom is 0.0237 e. The molecule has 0 atom stereocenters. The van der Waals surface area contributed by atoms with Crippen molar-refractivity contribution in [2.24, 2.45) is 0 Å². The quantitative estimate of drug-likeness (QED) is 0.717. The van der Waals surface area contributed by atoms with Crippen LogP contribution in [0.3, 0.4) is 0 Å². The molecule has 94 valence electrons. The van der Waals surface area contributed by atoms with E-state index >= 15 is 0 Å². The zero-order valence-electron chi connectivity index (χ0n) is 10.7. The molecule has 0 aromatic heterocycles. The van der Waals surface area contributed by atoms with Gasteiger partial charge in [-0.25, -0.2) is 0 Å². The van der Waals surface area contributed by atoms with E-state index in [2.05, 4.69) is 52.0 Å². The van der Waals surface area contributed by atoms with Crippen molar-refractivity contribution in [1.82, 2.24) is 4.90 Å². The van der Waals surface area contributed by atoms with Gasteiger partial charge in [0.05, 0.1) is 0 Å². The predicted octanol–water partition coefficient (Wildman–Crippen LogP) is 4.00. The number of halogens is 1. The predicted molar refractivity (Wildman–Crippen MR) is 77.7 cm³/mol. The van der Waals surface area contributed by atoms with Crippen molar-refractivity contribution in [3.63, 3.8) is 0 Å². The molecule has 0 N–H and O–H groups in total. The molecule has 17 heavy (non-hydrogen) atoms. The molecule has 0 spiro atoms. The monoisotopic (exact) mass is 295 g/mol. The van der Waals surface area contributed by atoms with Crippen LogP contribution < -0.4 is 0 Å². The Bertz CT molecular complexity index is 329. The van der Waals surface area contributed by atoms with Gasteiger partial charge < -0.3 is 0 Å². The Balaban J connectivity index is 1.95. The van der Waals surface area contributed by atoms with E-state index in [9.17, 15) is 0 Å². The van der Waals surface area contributed by atoms with Crippen LogP contribution in [0.25, 0.3) is 0 Å². The molecule has 0 radical (unpaired) electrons. The number of aryl methyl sites for hydroxylation is 1. The van der Waals surface area contributed by atoms with Gasteiger partial charge in [-0.1, -0.05) is 53.5 Å². The average Bonchev–Trinajstić information content (AvgIpc) is 2.28. The highest BCUT2D eigenvalue weighted by atomic mass is 79.9. The summed E-state index contributed by atoms with van der Waals surface area (Å²) in [7, 11) is 0. The lowest BCUT2D eigenvalue weighted by Gasteiger charge is -2.37. The third-order valence-electron chi connectivity index (χ3n) is 3.78. The van der Waals surface area contributed by atoms with E-state index in [1.165, 1.54) is 36.9 Å². The Hall–Kier alpha value is -0.340. The van der Waals surface area contributed by atoms with Gasteiger partial charge in [0, 0.05) is 24.5 Å². The summed E-state index contributed by atoms with van der Waals surface area (Å²) in [4.78, 5) is 2.62. The first kappa shape index (κ1) is 13.1. The second kappa shape index (κ2) is 6.55. The van der Waals surface area contributed by atoms with Crippen molar-refractivity contribution < 1.29 is 0 Å². The SMILES string of the molecule is CCc1ccc(CN(CCBr)C2CCC2)cc1. The first-order valence-electron chi connectivity index (χ1n) is 6.71. The van der Waals surface area contributed by atoms with Crippen molar-refractivity contribution in [3.05, 3.63) is 35.4 Å². The van der Waals surface area contributed by atoms with Crippen LogP contribution in [0.2, 0.25) is 0 Å². The summed E-state index contributed by atoms with van der Waals surface area (Å²) in [5.41, 5.74) is 2.89. The number of hydrogen-bond donors (Lipinski definition) is 0. The maximum absolute atomic E-state index is 3.57. The minimum atomic E-state index is 0.832. The minimum Gasteiger partial charge on any atom is -0.295 e. The smallest absolute Gasteiger partial charge is 0.0237 e. The zero-order valence-corrected chi connectivity index (χ0v) is 12.2. The summed E-state index contributed by atoms with van der Waals surface area (Å²) >= 11 is 3.57. The van der Waals surface area contributed by atoms with Gasteiger partial charge in [0.25, 0.3) is 0 Å². The van der Waals surface area contributed by atoms with Crippen molar-refractivity contribution in [3.8, 4) is 0 Å². The standard InChI is InChI=1S/C15H22BrN/c1-2-13-6-8-14(9-7-13)12-17(11-10-16)15-4-3-5-15/h6-9,15H,2-5,10-12H2,1H3. The zero-order chi connectivity index (χ0) is 12.1. The van der Waals surface area contributed by atoms with Crippen LogP contribution in [0.4, 0.5) is 0 Å². The lowest BCUT2D eigenvalue weighted by atomic mass is 9.91. The summed E-state index contributed by atoms with van der Waals surface area (Å²) in [5, 5.41) is 1.08. The molecule has 0 bridgehead atoms. The Labute approximate surface area is 113 Å². The topological polar surface area (TPSA) is 3.24 Å². The molecule has 1 nitrogen and oxygen atoms in total. The highest BCUT2D eigenvalue weighted by Crippen LogP contribution is 2.26. The van der Waals surface area contributed by atoms with Crippen molar-refractivity contribution in [2.45, 2.75) is 45.2 Å². The largest absolute Gasteiger partial charge is 0.295 e. The molecule has 2 heteroatoms. The fourth-order valence-corrected chi connectivity index (χ4v) is 2.82. The summed E-state index contributed by atoms with van der Waals surface area (Å²) in [6, 6.07) is 9.95. The Kier molecular flexibility index (Phi) is 5.05. The van der Waals surface area contributed by atoms with E-state index in [1.54, 1.807) is 0 Å². The number of rotatable bonds is 6. The van der Waals surface area contributed by atoms with E-state index in [0.29, 0.717) is 0 Å². The van der Waals surface area contributed by atoms with E-state index in [-0.39, 0.29) is 0 Å². The summed E-state index contributed by atoms with van der Waals surface area (Å²) in [5.74, 6) is 0. The summed E-state index contributed by atoms with van der Waals surface area (Å²) in [6.07, 6.45) is 5.33. The normalized spacial score (nSPS) is 16.2. The van der Waals surface area contributed by atoms with Gasteiger partial charge in [-0.15, -0.1) is 0 Å². The highest BCUT2D eigenvalue weighted by Gasteiger charge is 2.24. The van der Waals surface area contributed by atoms with Crippen LogP contribution in [0.1, 0.15) is 37.3 Å². The summed E-state index contributed by atoms with van der Waals surface area (Å²) in [6.45, 7) is 4.49. The van der Waals surface area contributed by atoms with Gasteiger partial charge in [0.2, 0.25) is 0 Å². The van der Waals surface area contributed by atoms with Crippen molar-refractivity contribution in [1.29, 1.82) is 0 Å². The number of alkyl halides is 1. The molecular weight excluding hydrogens is 274 g/mol. The number of hydrogen-bond acceptors (Lipinski definition) is 1. The van der Waals surface area contributed by atoms with Gasteiger partial charge in [-0.3, -0.25) is 4.90 Å². The van der Waals surface area contributed by atoms with E-state index in [0.717, 1.165) is 24.3 Å². The summed E-state index contributed by atoms with van der Waals surface area (Å²) < 4.78 is 0. The lowest BCUT2D eigenvalue weighted by molar-refractivity contribution is 0.128. The Morgan fingerprint density at radius 2 is 1.82 bits per heavy atom. The first-order chi connectivity index (χ1) is 8.33. The third-order valence-corrected chi connectivity index (χ3v) is 4.13. The average molecular weight is 296 g/mol. The van der Waals surface area contributed by atoms with Gasteiger partial charge in [0.1, 0.15) is 0 Å². The van der Waals surface area contributed by atoms with E-state index in [1.807, 2.05) is 0 Å². The van der Waals surface area contributed by atoms with Crippen LogP contribution in [0, 0.1) is 0 Å². The van der Waals surface area contributed by atoms with Crippen LogP contribution >= 0.6 is 15.9 Å². The maximum atomic E-state index is 3.57. The molecule has 1 fully saturated rings. The second-order valence-electron chi connectivity index (χ2n) is 4.91. The third kappa shape index (κ3) is 3.56. The molecule has 1 aromatic carbocycles. The Morgan fingerprint density at radius 3 is 2.29 bits per heavy atom. The minimum absolute atomic E-state index is 0.832.